The average molecular weight is 426 g/mol. The number of rotatable bonds is 4. The quantitative estimate of drug-likeness (QED) is 0.596. The first-order valence-corrected chi connectivity index (χ1v) is 7.14. The summed E-state index contributed by atoms with van der Waals surface area (Å²) in [6.07, 6.45) is 0.160. The molecule has 0 aliphatic rings. The van der Waals surface area contributed by atoms with Gasteiger partial charge in [0.2, 0.25) is 0 Å². The molecule has 1 amide bonds. The maximum atomic E-state index is 12.0. The molecule has 1 atom stereocenters. The molecule has 0 radical (unpaired) electrons. The van der Waals surface area contributed by atoms with Gasteiger partial charge in [-0.3, -0.25) is 9.59 Å². The molecule has 1 rings (SSSR count). The highest BCUT2D eigenvalue weighted by atomic mass is 127. The van der Waals surface area contributed by atoms with Crippen molar-refractivity contribution in [3.63, 3.8) is 0 Å². The van der Waals surface area contributed by atoms with Gasteiger partial charge >= 0.3 is 5.97 Å². The van der Waals surface area contributed by atoms with Crippen molar-refractivity contribution in [1.82, 2.24) is 5.32 Å². The van der Waals surface area contributed by atoms with E-state index in [0.717, 1.165) is 8.04 Å². The topological polar surface area (TPSA) is 55.4 Å². The van der Waals surface area contributed by atoms with Crippen molar-refractivity contribution in [2.75, 3.05) is 7.11 Å². The zero-order chi connectivity index (χ0) is 13.7. The minimum absolute atomic E-state index is 0.160. The van der Waals surface area contributed by atoms with Gasteiger partial charge in [0.1, 0.15) is 0 Å². The first kappa shape index (κ1) is 15.4. The number of hydrogen-bond donors (Lipinski definition) is 1. The summed E-state index contributed by atoms with van der Waals surface area (Å²) in [5.74, 6) is -0.538. The fourth-order valence-corrected chi connectivity index (χ4v) is 2.30. The Balaban J connectivity index is 2.70. The van der Waals surface area contributed by atoms with Crippen molar-refractivity contribution >= 4 is 50.4 Å². The third kappa shape index (κ3) is 4.56. The third-order valence-electron chi connectivity index (χ3n) is 2.25. The average Bonchev–Trinajstić information content (AvgIpc) is 2.31. The van der Waals surface area contributed by atoms with Crippen LogP contribution >= 0.6 is 38.5 Å². The molecule has 0 aliphatic heterocycles. The number of methoxy groups -OCH3 is 1. The van der Waals surface area contributed by atoms with Gasteiger partial charge in [-0.1, -0.05) is 15.9 Å². The van der Waals surface area contributed by atoms with E-state index in [2.05, 4.69) is 48.6 Å². The van der Waals surface area contributed by atoms with E-state index in [9.17, 15) is 9.59 Å². The lowest BCUT2D eigenvalue weighted by molar-refractivity contribution is -0.141. The molecule has 1 unspecified atom stereocenters. The van der Waals surface area contributed by atoms with E-state index in [1.807, 2.05) is 12.1 Å². The van der Waals surface area contributed by atoms with Crippen molar-refractivity contribution in [1.29, 1.82) is 0 Å². The molecule has 0 bridgehead atoms. The summed E-state index contributed by atoms with van der Waals surface area (Å²) >= 11 is 5.42. The highest BCUT2D eigenvalue weighted by molar-refractivity contribution is 14.1. The second kappa shape index (κ2) is 7.08. The minimum Gasteiger partial charge on any atom is -0.469 e. The number of carbonyl (C=O) groups is 2. The summed E-state index contributed by atoms with van der Waals surface area (Å²) in [6.45, 7) is 1.76. The SMILES string of the molecule is COC(=O)CC(C)NC(=O)c1cc(Br)ccc1I. The largest absolute Gasteiger partial charge is 0.469 e. The Morgan fingerprint density at radius 2 is 2.17 bits per heavy atom. The van der Waals surface area contributed by atoms with Gasteiger partial charge in [0.15, 0.2) is 0 Å². The van der Waals surface area contributed by atoms with E-state index in [1.54, 1.807) is 13.0 Å². The van der Waals surface area contributed by atoms with E-state index in [1.165, 1.54) is 7.11 Å². The fraction of sp³-hybridized carbons (Fsp3) is 0.333. The number of carbonyl (C=O) groups excluding carboxylic acids is 2. The van der Waals surface area contributed by atoms with Crippen LogP contribution in [0.3, 0.4) is 0 Å². The van der Waals surface area contributed by atoms with Crippen LogP contribution in [-0.2, 0) is 9.53 Å². The molecule has 1 aromatic carbocycles. The first-order valence-electron chi connectivity index (χ1n) is 5.26. The molecule has 0 saturated carbocycles. The number of halogens is 2. The van der Waals surface area contributed by atoms with Crippen LogP contribution in [0.5, 0.6) is 0 Å². The molecule has 0 aromatic heterocycles. The lowest BCUT2D eigenvalue weighted by Crippen LogP contribution is -2.34. The molecule has 98 valence electrons. The predicted octanol–water partition coefficient (Wildman–Crippen LogP) is 2.74. The summed E-state index contributed by atoms with van der Waals surface area (Å²) in [5, 5.41) is 2.76. The van der Waals surface area contributed by atoms with E-state index in [4.69, 9.17) is 0 Å². The second-order valence-corrected chi connectivity index (χ2v) is 5.86. The number of hydrogen-bond acceptors (Lipinski definition) is 3. The highest BCUT2D eigenvalue weighted by Crippen LogP contribution is 2.18. The number of nitrogens with one attached hydrogen (secondary N) is 1. The first-order chi connectivity index (χ1) is 8.43. The van der Waals surface area contributed by atoms with Gasteiger partial charge < -0.3 is 10.1 Å². The van der Waals surface area contributed by atoms with E-state index < -0.39 is 0 Å². The molecule has 18 heavy (non-hydrogen) atoms. The maximum Gasteiger partial charge on any atom is 0.307 e. The number of esters is 1. The molecule has 6 heteroatoms. The summed E-state index contributed by atoms with van der Waals surface area (Å²) in [7, 11) is 1.33. The molecule has 0 spiro atoms. The highest BCUT2D eigenvalue weighted by Gasteiger charge is 2.15. The Labute approximate surface area is 128 Å². The minimum atomic E-state index is -0.341. The van der Waals surface area contributed by atoms with Crippen LogP contribution in [0.2, 0.25) is 0 Å². The normalized spacial score (nSPS) is 11.8. The van der Waals surface area contributed by atoms with Gasteiger partial charge in [-0.15, -0.1) is 0 Å². The Kier molecular flexibility index (Phi) is 6.07. The molecule has 1 aromatic rings. The van der Waals surface area contributed by atoms with Gasteiger partial charge in [0, 0.05) is 14.1 Å². The molecule has 0 aliphatic carbocycles. The molecular formula is C12H13BrINO3. The lowest BCUT2D eigenvalue weighted by atomic mass is 10.2. The third-order valence-corrected chi connectivity index (χ3v) is 3.68. The standard InChI is InChI=1S/C12H13BrINO3/c1-7(5-11(16)18-2)15-12(17)9-6-8(13)3-4-10(9)14/h3-4,6-7H,5H2,1-2H3,(H,15,17). The zero-order valence-electron chi connectivity index (χ0n) is 10.00. The number of ether oxygens (including phenoxy) is 1. The summed E-state index contributed by atoms with van der Waals surface area (Å²) < 4.78 is 6.25. The van der Waals surface area contributed by atoms with E-state index >= 15 is 0 Å². The summed E-state index contributed by atoms with van der Waals surface area (Å²) in [6, 6.07) is 5.21. The Hall–Kier alpha value is -0.630. The van der Waals surface area contributed by atoms with Gasteiger partial charge in [0.05, 0.1) is 19.1 Å². The van der Waals surface area contributed by atoms with Crippen molar-refractivity contribution in [3.8, 4) is 0 Å². The van der Waals surface area contributed by atoms with E-state index in [0.29, 0.717) is 5.56 Å². The van der Waals surface area contributed by atoms with Crippen LogP contribution in [0.1, 0.15) is 23.7 Å². The number of amides is 1. The van der Waals surface area contributed by atoms with E-state index in [-0.39, 0.29) is 24.3 Å². The Morgan fingerprint density at radius 1 is 1.50 bits per heavy atom. The monoisotopic (exact) mass is 425 g/mol. The van der Waals surface area contributed by atoms with Crippen molar-refractivity contribution in [3.05, 3.63) is 31.8 Å². The molecule has 1 N–H and O–H groups in total. The molecule has 0 saturated heterocycles. The van der Waals surface area contributed by atoms with Crippen LogP contribution in [0.25, 0.3) is 0 Å². The van der Waals surface area contributed by atoms with Gasteiger partial charge in [-0.05, 0) is 47.7 Å². The Morgan fingerprint density at radius 3 is 2.78 bits per heavy atom. The van der Waals surface area contributed by atoms with Crippen LogP contribution in [0, 0.1) is 3.57 Å². The Bertz CT molecular complexity index is 465. The fourth-order valence-electron chi connectivity index (χ4n) is 1.36. The molecule has 4 nitrogen and oxygen atoms in total. The summed E-state index contributed by atoms with van der Waals surface area (Å²) in [4.78, 5) is 23.1. The number of benzene rings is 1. The van der Waals surface area contributed by atoms with Gasteiger partial charge in [-0.25, -0.2) is 0 Å². The zero-order valence-corrected chi connectivity index (χ0v) is 13.7. The van der Waals surface area contributed by atoms with Crippen molar-refractivity contribution in [2.24, 2.45) is 0 Å². The van der Waals surface area contributed by atoms with Crippen LogP contribution < -0.4 is 5.32 Å². The van der Waals surface area contributed by atoms with Crippen molar-refractivity contribution < 1.29 is 14.3 Å². The smallest absolute Gasteiger partial charge is 0.307 e. The predicted molar refractivity (Wildman–Crippen MR) is 80.4 cm³/mol. The van der Waals surface area contributed by atoms with Gasteiger partial charge in [-0.2, -0.15) is 0 Å². The molecule has 0 fully saturated rings. The maximum absolute atomic E-state index is 12.0. The molecular weight excluding hydrogens is 413 g/mol. The summed E-state index contributed by atoms with van der Waals surface area (Å²) in [5.41, 5.74) is 0.585. The van der Waals surface area contributed by atoms with Crippen LogP contribution in [0.15, 0.2) is 22.7 Å². The van der Waals surface area contributed by atoms with Crippen LogP contribution in [-0.4, -0.2) is 25.0 Å². The second-order valence-electron chi connectivity index (χ2n) is 3.78. The van der Waals surface area contributed by atoms with Crippen LogP contribution in [0.4, 0.5) is 0 Å². The van der Waals surface area contributed by atoms with Crippen molar-refractivity contribution in [2.45, 2.75) is 19.4 Å². The lowest BCUT2D eigenvalue weighted by Gasteiger charge is -2.13. The molecule has 0 heterocycles. The van der Waals surface area contributed by atoms with Gasteiger partial charge in [0.25, 0.3) is 5.91 Å².